The van der Waals surface area contributed by atoms with Crippen LogP contribution in [0.1, 0.15) is 45.1 Å². The summed E-state index contributed by atoms with van der Waals surface area (Å²) in [7, 11) is 0. The monoisotopic (exact) mass is 349 g/mol. The van der Waals surface area contributed by atoms with Crippen molar-refractivity contribution in [1.82, 2.24) is 4.90 Å². The number of phenols is 1. The van der Waals surface area contributed by atoms with Crippen molar-refractivity contribution in [3.05, 3.63) is 34.7 Å². The van der Waals surface area contributed by atoms with Gasteiger partial charge in [-0.1, -0.05) is 69.2 Å². The van der Waals surface area contributed by atoms with Crippen LogP contribution in [-0.2, 0) is 4.79 Å². The summed E-state index contributed by atoms with van der Waals surface area (Å²) in [5.41, 5.74) is 0.809. The van der Waals surface area contributed by atoms with E-state index in [2.05, 4.69) is 13.8 Å². The molecule has 1 saturated heterocycles. The second-order valence-corrected chi connectivity index (χ2v) is 7.48. The molecular formula is C18H23NO2S2. The summed E-state index contributed by atoms with van der Waals surface area (Å²) in [6.45, 7) is 5.06. The standard InChI is InChI=1S/C18H23NO2S2/c1-3-5-7-13(4-2)12-19-17(21)16(23-18(19)22)11-14-8-6-9-15(20)10-14/h6,8-11,13,20H,3-5,7,12H2,1-2H3. The van der Waals surface area contributed by atoms with Gasteiger partial charge in [0.1, 0.15) is 10.1 Å². The zero-order chi connectivity index (χ0) is 16.8. The molecule has 23 heavy (non-hydrogen) atoms. The fourth-order valence-electron chi connectivity index (χ4n) is 2.60. The molecule has 1 N–H and O–H groups in total. The number of thiocarbonyl (C=S) groups is 1. The Bertz CT molecular complexity index is 613. The van der Waals surface area contributed by atoms with E-state index in [0.29, 0.717) is 21.7 Å². The fourth-order valence-corrected chi connectivity index (χ4v) is 3.87. The zero-order valence-electron chi connectivity index (χ0n) is 13.6. The SMILES string of the molecule is CCCCC(CC)CN1C(=O)C(=Cc2cccc(O)c2)SC1=S. The first-order valence-electron chi connectivity index (χ1n) is 8.09. The molecule has 1 atom stereocenters. The van der Waals surface area contributed by atoms with Crippen LogP contribution in [0.4, 0.5) is 0 Å². The highest BCUT2D eigenvalue weighted by molar-refractivity contribution is 8.26. The van der Waals surface area contributed by atoms with E-state index < -0.39 is 0 Å². The Morgan fingerprint density at radius 3 is 2.83 bits per heavy atom. The van der Waals surface area contributed by atoms with E-state index in [1.165, 1.54) is 24.6 Å². The summed E-state index contributed by atoms with van der Waals surface area (Å²) in [6.07, 6.45) is 6.35. The van der Waals surface area contributed by atoms with Gasteiger partial charge in [0, 0.05) is 6.54 Å². The summed E-state index contributed by atoms with van der Waals surface area (Å²) >= 11 is 6.74. The minimum Gasteiger partial charge on any atom is -0.508 e. The summed E-state index contributed by atoms with van der Waals surface area (Å²) in [6, 6.07) is 6.88. The molecule has 1 aliphatic heterocycles. The lowest BCUT2D eigenvalue weighted by molar-refractivity contribution is -0.122. The molecular weight excluding hydrogens is 326 g/mol. The molecule has 1 aromatic carbocycles. The third kappa shape index (κ3) is 4.82. The van der Waals surface area contributed by atoms with Crippen LogP contribution >= 0.6 is 24.0 Å². The van der Waals surface area contributed by atoms with Gasteiger partial charge in [0.05, 0.1) is 4.91 Å². The lowest BCUT2D eigenvalue weighted by Gasteiger charge is -2.21. The summed E-state index contributed by atoms with van der Waals surface area (Å²) in [5.74, 6) is 0.677. The number of nitrogens with zero attached hydrogens (tertiary/aromatic N) is 1. The quantitative estimate of drug-likeness (QED) is 0.566. The molecule has 1 aliphatic rings. The lowest BCUT2D eigenvalue weighted by atomic mass is 9.99. The van der Waals surface area contributed by atoms with Crippen LogP contribution in [0.3, 0.4) is 0 Å². The number of carbonyl (C=O) groups is 1. The maximum atomic E-state index is 12.6. The van der Waals surface area contributed by atoms with Gasteiger partial charge in [-0.15, -0.1) is 0 Å². The van der Waals surface area contributed by atoms with E-state index >= 15 is 0 Å². The average molecular weight is 350 g/mol. The van der Waals surface area contributed by atoms with E-state index in [4.69, 9.17) is 12.2 Å². The van der Waals surface area contributed by atoms with Crippen LogP contribution in [0, 0.1) is 5.92 Å². The van der Waals surface area contributed by atoms with Crippen molar-refractivity contribution in [2.75, 3.05) is 6.54 Å². The summed E-state index contributed by atoms with van der Waals surface area (Å²) in [4.78, 5) is 15.0. The maximum Gasteiger partial charge on any atom is 0.266 e. The van der Waals surface area contributed by atoms with Gasteiger partial charge in [-0.05, 0) is 36.1 Å². The normalized spacial score (nSPS) is 18.0. The third-order valence-electron chi connectivity index (χ3n) is 4.03. The fraction of sp³-hybridized carbons (Fsp3) is 0.444. The first-order chi connectivity index (χ1) is 11.0. The number of carbonyl (C=O) groups excluding carboxylic acids is 1. The number of aromatic hydroxyl groups is 1. The number of unbranched alkanes of at least 4 members (excludes halogenated alkanes) is 1. The van der Waals surface area contributed by atoms with Gasteiger partial charge in [0.2, 0.25) is 0 Å². The van der Waals surface area contributed by atoms with E-state index in [0.717, 1.165) is 18.4 Å². The van der Waals surface area contributed by atoms with Crippen molar-refractivity contribution in [1.29, 1.82) is 0 Å². The molecule has 3 nitrogen and oxygen atoms in total. The lowest BCUT2D eigenvalue weighted by Crippen LogP contribution is -2.33. The van der Waals surface area contributed by atoms with Crippen LogP contribution in [0.25, 0.3) is 6.08 Å². The van der Waals surface area contributed by atoms with Gasteiger partial charge >= 0.3 is 0 Å². The maximum absolute atomic E-state index is 12.6. The summed E-state index contributed by atoms with van der Waals surface area (Å²) in [5, 5.41) is 9.53. The second-order valence-electron chi connectivity index (χ2n) is 5.80. The van der Waals surface area contributed by atoms with E-state index in [-0.39, 0.29) is 11.7 Å². The smallest absolute Gasteiger partial charge is 0.266 e. The molecule has 2 rings (SSSR count). The van der Waals surface area contributed by atoms with Crippen molar-refractivity contribution in [3.63, 3.8) is 0 Å². The first-order valence-corrected chi connectivity index (χ1v) is 9.32. The van der Waals surface area contributed by atoms with Gasteiger partial charge in [0.15, 0.2) is 0 Å². The van der Waals surface area contributed by atoms with Crippen molar-refractivity contribution < 1.29 is 9.90 Å². The van der Waals surface area contributed by atoms with Gasteiger partial charge in [0.25, 0.3) is 5.91 Å². The third-order valence-corrected chi connectivity index (χ3v) is 5.40. The topological polar surface area (TPSA) is 40.5 Å². The number of thioether (sulfide) groups is 1. The van der Waals surface area contributed by atoms with E-state index in [1.54, 1.807) is 29.2 Å². The number of rotatable bonds is 7. The number of hydrogen-bond acceptors (Lipinski definition) is 4. The van der Waals surface area contributed by atoms with E-state index in [1.807, 2.05) is 6.07 Å². The Hall–Kier alpha value is -1.33. The molecule has 0 bridgehead atoms. The average Bonchev–Trinajstić information content (AvgIpc) is 2.78. The molecule has 0 radical (unpaired) electrons. The zero-order valence-corrected chi connectivity index (χ0v) is 15.3. The highest BCUT2D eigenvalue weighted by Crippen LogP contribution is 2.34. The first kappa shape index (κ1) is 18.0. The van der Waals surface area contributed by atoms with Crippen molar-refractivity contribution in [2.45, 2.75) is 39.5 Å². The minimum atomic E-state index is -0.0155. The largest absolute Gasteiger partial charge is 0.508 e. The highest BCUT2D eigenvalue weighted by atomic mass is 32.2. The molecule has 1 amide bonds. The minimum absolute atomic E-state index is 0.0155. The van der Waals surface area contributed by atoms with Crippen LogP contribution in [0.2, 0.25) is 0 Å². The Morgan fingerprint density at radius 1 is 1.39 bits per heavy atom. The number of phenolic OH excluding ortho intramolecular Hbond substituents is 1. The van der Waals surface area contributed by atoms with Crippen LogP contribution in [0.15, 0.2) is 29.2 Å². The molecule has 0 aliphatic carbocycles. The Labute approximate surface area is 147 Å². The van der Waals surface area contributed by atoms with Gasteiger partial charge in [-0.25, -0.2) is 0 Å². The molecule has 1 fully saturated rings. The van der Waals surface area contributed by atoms with Crippen LogP contribution in [-0.4, -0.2) is 26.8 Å². The molecule has 124 valence electrons. The Morgan fingerprint density at radius 2 is 2.17 bits per heavy atom. The van der Waals surface area contributed by atoms with Gasteiger partial charge in [-0.2, -0.15) is 0 Å². The van der Waals surface area contributed by atoms with Gasteiger partial charge < -0.3 is 5.11 Å². The molecule has 0 spiro atoms. The molecule has 0 saturated carbocycles. The molecule has 1 heterocycles. The van der Waals surface area contributed by atoms with Crippen LogP contribution < -0.4 is 0 Å². The number of hydrogen-bond donors (Lipinski definition) is 1. The molecule has 5 heteroatoms. The molecule has 0 aromatic heterocycles. The highest BCUT2D eigenvalue weighted by Gasteiger charge is 2.33. The predicted molar refractivity (Wildman–Crippen MR) is 101 cm³/mol. The predicted octanol–water partition coefficient (Wildman–Crippen LogP) is 4.81. The van der Waals surface area contributed by atoms with Gasteiger partial charge in [-0.3, -0.25) is 9.69 Å². The number of benzene rings is 1. The molecule has 1 aromatic rings. The van der Waals surface area contributed by atoms with Crippen molar-refractivity contribution in [2.24, 2.45) is 5.92 Å². The summed E-state index contributed by atoms with van der Waals surface area (Å²) < 4.78 is 0.636. The molecule has 1 unspecified atom stereocenters. The van der Waals surface area contributed by atoms with Crippen LogP contribution in [0.5, 0.6) is 5.75 Å². The van der Waals surface area contributed by atoms with E-state index in [9.17, 15) is 9.90 Å². The number of amides is 1. The Kier molecular flexibility index (Phi) is 6.66. The van der Waals surface area contributed by atoms with Crippen molar-refractivity contribution >= 4 is 40.3 Å². The second kappa shape index (κ2) is 8.50. The van der Waals surface area contributed by atoms with Crippen molar-refractivity contribution in [3.8, 4) is 5.75 Å². The Balaban J connectivity index is 2.10.